The summed E-state index contributed by atoms with van der Waals surface area (Å²) in [5.41, 5.74) is 3.27. The van der Waals surface area contributed by atoms with E-state index in [0.29, 0.717) is 0 Å². The number of rotatable bonds is 2. The number of halogens is 2. The number of benzene rings is 2. The highest BCUT2D eigenvalue weighted by molar-refractivity contribution is 5.91. The number of ether oxygens (including phenoxy) is 1. The molecule has 4 nitrogen and oxygen atoms in total. The summed E-state index contributed by atoms with van der Waals surface area (Å²) in [4.78, 5) is 12.1. The lowest BCUT2D eigenvalue weighted by atomic mass is 10.1. The molecule has 0 amide bonds. The van der Waals surface area contributed by atoms with Crippen LogP contribution in [0.2, 0.25) is 0 Å². The molecule has 4 rings (SSSR count). The van der Waals surface area contributed by atoms with Gasteiger partial charge in [-0.15, -0.1) is 24.8 Å². The van der Waals surface area contributed by atoms with Crippen molar-refractivity contribution in [1.29, 1.82) is 0 Å². The lowest BCUT2D eigenvalue weighted by molar-refractivity contribution is -0.00536. The van der Waals surface area contributed by atoms with Crippen LogP contribution in [-0.4, -0.2) is 35.3 Å². The molecule has 27 heavy (non-hydrogen) atoms. The fourth-order valence-electron chi connectivity index (χ4n) is 3.48. The minimum atomic E-state index is 0. The van der Waals surface area contributed by atoms with Gasteiger partial charge >= 0.3 is 0 Å². The Bertz CT molecular complexity index is 892. The molecule has 1 fully saturated rings. The van der Waals surface area contributed by atoms with Crippen LogP contribution < -0.4 is 4.90 Å². The Hall–Kier alpha value is -1.88. The van der Waals surface area contributed by atoms with Crippen molar-refractivity contribution in [1.82, 2.24) is 9.97 Å². The Morgan fingerprint density at radius 3 is 2.19 bits per heavy atom. The molecule has 2 aromatic carbocycles. The van der Waals surface area contributed by atoms with Crippen LogP contribution in [0, 0.1) is 6.92 Å². The highest BCUT2D eigenvalue weighted by Gasteiger charge is 2.25. The van der Waals surface area contributed by atoms with Crippen molar-refractivity contribution >= 4 is 41.5 Å². The van der Waals surface area contributed by atoms with Crippen LogP contribution in [0.4, 0.5) is 5.82 Å². The molecular weight excluding hydrogens is 381 g/mol. The standard InChI is InChI=1S/C21H23N3O.2ClH/c1-14-8-10-17(11-9-14)20-22-19-7-5-4-6-18(19)21(23-20)24-12-15(2)25-16(3)13-24;;/h4-11,15-16H,12-13H2,1-3H3;2*1H. The molecule has 1 aliphatic rings. The van der Waals surface area contributed by atoms with Gasteiger partial charge in [0, 0.05) is 24.0 Å². The summed E-state index contributed by atoms with van der Waals surface area (Å²) in [7, 11) is 0. The maximum absolute atomic E-state index is 5.89. The van der Waals surface area contributed by atoms with E-state index in [9.17, 15) is 0 Å². The van der Waals surface area contributed by atoms with E-state index in [0.717, 1.165) is 41.2 Å². The summed E-state index contributed by atoms with van der Waals surface area (Å²) in [6.45, 7) is 8.02. The highest BCUT2D eigenvalue weighted by Crippen LogP contribution is 2.29. The van der Waals surface area contributed by atoms with Crippen LogP contribution in [0.1, 0.15) is 19.4 Å². The van der Waals surface area contributed by atoms with Gasteiger partial charge in [-0.25, -0.2) is 9.97 Å². The molecule has 0 aliphatic carbocycles. The molecule has 1 aliphatic heterocycles. The first-order valence-electron chi connectivity index (χ1n) is 8.84. The minimum Gasteiger partial charge on any atom is -0.372 e. The monoisotopic (exact) mass is 405 g/mol. The second-order valence-electron chi connectivity index (χ2n) is 6.92. The van der Waals surface area contributed by atoms with Crippen LogP contribution in [0.3, 0.4) is 0 Å². The molecule has 3 aromatic rings. The largest absolute Gasteiger partial charge is 0.372 e. The maximum Gasteiger partial charge on any atom is 0.162 e. The zero-order valence-electron chi connectivity index (χ0n) is 15.8. The van der Waals surface area contributed by atoms with Gasteiger partial charge in [0.2, 0.25) is 0 Å². The number of hydrogen-bond donors (Lipinski definition) is 0. The molecule has 144 valence electrons. The van der Waals surface area contributed by atoms with E-state index in [1.807, 2.05) is 12.1 Å². The van der Waals surface area contributed by atoms with E-state index in [4.69, 9.17) is 14.7 Å². The van der Waals surface area contributed by atoms with E-state index in [2.05, 4.69) is 62.1 Å². The van der Waals surface area contributed by atoms with Crippen molar-refractivity contribution in [2.75, 3.05) is 18.0 Å². The molecule has 0 spiro atoms. The maximum atomic E-state index is 5.89. The third-order valence-corrected chi connectivity index (χ3v) is 4.61. The number of aromatic nitrogens is 2. The Morgan fingerprint density at radius 2 is 1.52 bits per heavy atom. The first-order chi connectivity index (χ1) is 12.1. The Balaban J connectivity index is 0.00000131. The van der Waals surface area contributed by atoms with E-state index in [-0.39, 0.29) is 37.0 Å². The molecule has 2 unspecified atom stereocenters. The van der Waals surface area contributed by atoms with Crippen molar-refractivity contribution in [3.63, 3.8) is 0 Å². The fraction of sp³-hybridized carbons (Fsp3) is 0.333. The molecule has 2 atom stereocenters. The predicted molar refractivity (Wildman–Crippen MR) is 116 cm³/mol. The van der Waals surface area contributed by atoms with E-state index in [1.165, 1.54) is 5.56 Å². The summed E-state index contributed by atoms with van der Waals surface area (Å²) >= 11 is 0. The van der Waals surface area contributed by atoms with Crippen molar-refractivity contribution < 1.29 is 4.74 Å². The fourth-order valence-corrected chi connectivity index (χ4v) is 3.48. The number of hydrogen-bond acceptors (Lipinski definition) is 4. The van der Waals surface area contributed by atoms with Gasteiger partial charge < -0.3 is 9.64 Å². The van der Waals surface area contributed by atoms with Gasteiger partial charge in [-0.1, -0.05) is 42.0 Å². The lowest BCUT2D eigenvalue weighted by Gasteiger charge is -2.36. The third-order valence-electron chi connectivity index (χ3n) is 4.61. The Morgan fingerprint density at radius 1 is 0.889 bits per heavy atom. The number of para-hydroxylation sites is 1. The van der Waals surface area contributed by atoms with Crippen molar-refractivity contribution in [2.45, 2.75) is 33.0 Å². The second kappa shape index (κ2) is 8.87. The Kier molecular flexibility index (Phi) is 7.04. The van der Waals surface area contributed by atoms with Crippen LogP contribution in [-0.2, 0) is 4.74 Å². The van der Waals surface area contributed by atoms with Crippen molar-refractivity contribution in [3.05, 3.63) is 54.1 Å². The number of nitrogens with zero attached hydrogens (tertiary/aromatic N) is 3. The third kappa shape index (κ3) is 4.52. The van der Waals surface area contributed by atoms with Crippen molar-refractivity contribution in [2.24, 2.45) is 0 Å². The summed E-state index contributed by atoms with van der Waals surface area (Å²) in [5.74, 6) is 1.78. The SMILES string of the molecule is Cc1ccc(-c2nc(N3CC(C)OC(C)C3)c3ccccc3n2)cc1.Cl.Cl. The summed E-state index contributed by atoms with van der Waals surface area (Å²) in [6, 6.07) is 16.6. The molecule has 0 saturated carbocycles. The van der Waals surface area contributed by atoms with Crippen LogP contribution in [0.15, 0.2) is 48.5 Å². The van der Waals surface area contributed by atoms with Crippen molar-refractivity contribution in [3.8, 4) is 11.4 Å². The predicted octanol–water partition coefficient (Wildman–Crippen LogP) is 5.06. The van der Waals surface area contributed by atoms with Gasteiger partial charge in [0.25, 0.3) is 0 Å². The van der Waals surface area contributed by atoms with E-state index < -0.39 is 0 Å². The summed E-state index contributed by atoms with van der Waals surface area (Å²) < 4.78 is 5.89. The quantitative estimate of drug-likeness (QED) is 0.596. The van der Waals surface area contributed by atoms with Gasteiger partial charge in [-0.05, 0) is 32.9 Å². The first-order valence-corrected chi connectivity index (χ1v) is 8.84. The second-order valence-corrected chi connectivity index (χ2v) is 6.92. The highest BCUT2D eigenvalue weighted by atomic mass is 35.5. The number of anilines is 1. The van der Waals surface area contributed by atoms with Gasteiger partial charge in [0.15, 0.2) is 5.82 Å². The molecule has 0 bridgehead atoms. The Labute approximate surface area is 172 Å². The van der Waals surface area contributed by atoms with E-state index in [1.54, 1.807) is 0 Å². The lowest BCUT2D eigenvalue weighted by Crippen LogP contribution is -2.46. The minimum absolute atomic E-state index is 0. The van der Waals surface area contributed by atoms with Gasteiger partial charge in [-0.2, -0.15) is 0 Å². The normalized spacial score (nSPS) is 19.3. The smallest absolute Gasteiger partial charge is 0.162 e. The number of fused-ring (bicyclic) bond motifs is 1. The number of morpholine rings is 1. The zero-order valence-corrected chi connectivity index (χ0v) is 17.4. The topological polar surface area (TPSA) is 38.2 Å². The van der Waals surface area contributed by atoms with E-state index >= 15 is 0 Å². The molecule has 0 N–H and O–H groups in total. The zero-order chi connectivity index (χ0) is 17.4. The molecular formula is C21H25Cl2N3O. The van der Waals surface area contributed by atoms with Crippen LogP contribution in [0.25, 0.3) is 22.3 Å². The molecule has 0 radical (unpaired) electrons. The molecule has 1 aromatic heterocycles. The summed E-state index contributed by atoms with van der Waals surface area (Å²) in [5, 5.41) is 1.10. The van der Waals surface area contributed by atoms with Gasteiger partial charge in [0.1, 0.15) is 5.82 Å². The first kappa shape index (κ1) is 21.4. The molecule has 1 saturated heterocycles. The summed E-state index contributed by atoms with van der Waals surface area (Å²) in [6.07, 6.45) is 0.389. The van der Waals surface area contributed by atoms with Gasteiger partial charge in [0.05, 0.1) is 17.7 Å². The molecule has 6 heteroatoms. The number of aryl methyl sites for hydroxylation is 1. The van der Waals surface area contributed by atoms with Gasteiger partial charge in [-0.3, -0.25) is 0 Å². The molecule has 2 heterocycles. The van der Waals surface area contributed by atoms with Crippen LogP contribution in [0.5, 0.6) is 0 Å². The average molecular weight is 406 g/mol. The average Bonchev–Trinajstić information content (AvgIpc) is 2.60. The van der Waals surface area contributed by atoms with Crippen LogP contribution >= 0.6 is 24.8 Å².